The van der Waals surface area contributed by atoms with Crippen molar-refractivity contribution in [1.82, 2.24) is 0 Å². The molecule has 0 amide bonds. The maximum Gasteiger partial charge on any atom is 0.509 e. The third-order valence-corrected chi connectivity index (χ3v) is 1.67. The van der Waals surface area contributed by atoms with Gasteiger partial charge in [-0.1, -0.05) is 24.3 Å². The molecule has 1 rings (SSSR count). The van der Waals surface area contributed by atoms with Gasteiger partial charge in [0.1, 0.15) is 0 Å². The highest BCUT2D eigenvalue weighted by Gasteiger charge is 2.24. The molecular weight excluding hydrogens is 180 g/mol. The number of benzene rings is 1. The van der Waals surface area contributed by atoms with Crippen LogP contribution in [0.3, 0.4) is 0 Å². The van der Waals surface area contributed by atoms with Crippen LogP contribution in [0.1, 0.15) is 5.56 Å². The van der Waals surface area contributed by atoms with E-state index in [0.717, 1.165) is 17.7 Å². The summed E-state index contributed by atoms with van der Waals surface area (Å²) in [6, 6.07) is 5.00. The summed E-state index contributed by atoms with van der Waals surface area (Å²) in [5.41, 5.74) is 0.172. The van der Waals surface area contributed by atoms with Crippen LogP contribution in [0.4, 0.5) is 12.9 Å². The van der Waals surface area contributed by atoms with Gasteiger partial charge in [-0.2, -0.15) is 0 Å². The van der Waals surface area contributed by atoms with Gasteiger partial charge in [-0.3, -0.25) is 0 Å². The molecule has 0 radical (unpaired) electrons. The fraction of sp³-hybridized carbons (Fsp3) is 0.250. The highest BCUT2D eigenvalue weighted by Crippen LogP contribution is 2.09. The first-order valence-electron chi connectivity index (χ1n) is 3.82. The van der Waals surface area contributed by atoms with Gasteiger partial charge in [0, 0.05) is 7.11 Å². The van der Waals surface area contributed by atoms with E-state index in [1.807, 2.05) is 0 Å². The maximum atomic E-state index is 12.1. The molecule has 1 aromatic rings. The summed E-state index contributed by atoms with van der Waals surface area (Å²) in [7, 11) is 1.50. The Morgan fingerprint density at radius 1 is 1.15 bits per heavy atom. The van der Waals surface area contributed by atoms with E-state index in [4.69, 9.17) is 4.74 Å². The highest BCUT2D eigenvalue weighted by atomic mass is 19.4. The van der Waals surface area contributed by atoms with Crippen molar-refractivity contribution in [3.63, 3.8) is 0 Å². The molecule has 0 aliphatic heterocycles. The Bertz CT molecular complexity index is 268. The minimum Gasteiger partial charge on any atom is -0.445 e. The standard InChI is InChI=1S/C8H9BF3O/c1-13-6-7-2-4-8(5-3-7)9(10,11)12/h2-5H,6H2,1H3/q-1. The second kappa shape index (κ2) is 3.83. The number of halogens is 3. The zero-order valence-electron chi connectivity index (χ0n) is 7.14. The SMILES string of the molecule is COCc1ccc([B-](F)(F)F)cc1. The lowest BCUT2D eigenvalue weighted by atomic mass is 9.80. The fourth-order valence-corrected chi connectivity index (χ4v) is 0.999. The summed E-state index contributed by atoms with van der Waals surface area (Å²) < 4.78 is 41.2. The van der Waals surface area contributed by atoms with Gasteiger partial charge < -0.3 is 17.7 Å². The average molecular weight is 189 g/mol. The van der Waals surface area contributed by atoms with Crippen molar-refractivity contribution in [3.05, 3.63) is 29.8 Å². The first-order chi connectivity index (χ1) is 6.04. The number of hydrogen-bond donors (Lipinski definition) is 0. The topological polar surface area (TPSA) is 9.23 Å². The van der Waals surface area contributed by atoms with Crippen LogP contribution in [0, 0.1) is 0 Å². The van der Waals surface area contributed by atoms with Crippen molar-refractivity contribution >= 4 is 12.4 Å². The Balaban J connectivity index is 2.81. The van der Waals surface area contributed by atoms with E-state index in [0.29, 0.717) is 6.61 Å². The molecule has 5 heteroatoms. The molecule has 0 N–H and O–H groups in total. The molecule has 0 unspecified atom stereocenters. The lowest BCUT2D eigenvalue weighted by Crippen LogP contribution is -2.33. The quantitative estimate of drug-likeness (QED) is 0.659. The van der Waals surface area contributed by atoms with Gasteiger partial charge in [0.15, 0.2) is 0 Å². The molecule has 0 saturated heterocycles. The van der Waals surface area contributed by atoms with Crippen molar-refractivity contribution in [2.24, 2.45) is 0 Å². The van der Waals surface area contributed by atoms with Gasteiger partial charge in [-0.15, -0.1) is 5.46 Å². The second-order valence-electron chi connectivity index (χ2n) is 2.75. The maximum absolute atomic E-state index is 12.1. The van der Waals surface area contributed by atoms with E-state index in [2.05, 4.69) is 0 Å². The Hall–Kier alpha value is -0.965. The smallest absolute Gasteiger partial charge is 0.445 e. The van der Waals surface area contributed by atoms with Crippen LogP contribution >= 0.6 is 0 Å². The van der Waals surface area contributed by atoms with E-state index >= 15 is 0 Å². The molecule has 0 aromatic heterocycles. The molecular formula is C8H9BF3O-. The number of methoxy groups -OCH3 is 1. The van der Waals surface area contributed by atoms with Gasteiger partial charge in [-0.05, 0) is 5.56 Å². The van der Waals surface area contributed by atoms with Crippen LogP contribution in [0.5, 0.6) is 0 Å². The van der Waals surface area contributed by atoms with Crippen LogP contribution in [0.15, 0.2) is 24.3 Å². The van der Waals surface area contributed by atoms with E-state index < -0.39 is 12.4 Å². The summed E-state index contributed by atoms with van der Waals surface area (Å²) in [6.07, 6.45) is 0. The number of ether oxygens (including phenoxy) is 1. The lowest BCUT2D eigenvalue weighted by Gasteiger charge is -2.14. The van der Waals surface area contributed by atoms with Gasteiger partial charge in [0.05, 0.1) is 6.61 Å². The molecule has 0 saturated carbocycles. The van der Waals surface area contributed by atoms with Gasteiger partial charge in [0.2, 0.25) is 0 Å². The molecule has 0 aliphatic carbocycles. The molecule has 0 bridgehead atoms. The van der Waals surface area contributed by atoms with Crippen LogP contribution in [-0.4, -0.2) is 14.1 Å². The predicted octanol–water partition coefficient (Wildman–Crippen LogP) is 1.89. The van der Waals surface area contributed by atoms with Crippen molar-refractivity contribution in [2.75, 3.05) is 7.11 Å². The Morgan fingerprint density at radius 2 is 1.69 bits per heavy atom. The molecule has 1 nitrogen and oxygen atoms in total. The van der Waals surface area contributed by atoms with Crippen molar-refractivity contribution in [1.29, 1.82) is 0 Å². The minimum atomic E-state index is -4.87. The number of hydrogen-bond acceptors (Lipinski definition) is 1. The van der Waals surface area contributed by atoms with Crippen molar-refractivity contribution in [3.8, 4) is 0 Å². The summed E-state index contributed by atoms with van der Waals surface area (Å²) in [4.78, 5) is 0. The first kappa shape index (κ1) is 10.1. The molecule has 0 heterocycles. The van der Waals surface area contributed by atoms with Crippen molar-refractivity contribution in [2.45, 2.75) is 6.61 Å². The van der Waals surface area contributed by atoms with E-state index in [9.17, 15) is 12.9 Å². The Kier molecular flexibility index (Phi) is 2.98. The largest absolute Gasteiger partial charge is 0.509 e. The average Bonchev–Trinajstić information content (AvgIpc) is 2.04. The molecule has 1 aromatic carbocycles. The van der Waals surface area contributed by atoms with Crippen LogP contribution in [0.2, 0.25) is 0 Å². The fourth-order valence-electron chi connectivity index (χ4n) is 0.999. The first-order valence-corrected chi connectivity index (χ1v) is 3.82. The molecule has 0 spiro atoms. The molecule has 0 fully saturated rings. The zero-order chi connectivity index (χ0) is 9.90. The molecule has 0 atom stereocenters. The second-order valence-corrected chi connectivity index (χ2v) is 2.75. The van der Waals surface area contributed by atoms with Gasteiger partial charge >= 0.3 is 6.98 Å². The van der Waals surface area contributed by atoms with E-state index in [-0.39, 0.29) is 0 Å². The van der Waals surface area contributed by atoms with E-state index in [1.165, 1.54) is 19.2 Å². The summed E-state index contributed by atoms with van der Waals surface area (Å²) >= 11 is 0. The molecule has 0 aliphatic rings. The van der Waals surface area contributed by atoms with Crippen LogP contribution in [0.25, 0.3) is 0 Å². The summed E-state index contributed by atoms with van der Waals surface area (Å²) in [6.45, 7) is -4.53. The zero-order valence-corrected chi connectivity index (χ0v) is 7.14. The molecule has 13 heavy (non-hydrogen) atoms. The van der Waals surface area contributed by atoms with Gasteiger partial charge in [-0.25, -0.2) is 0 Å². The Labute approximate surface area is 74.6 Å². The normalized spacial score (nSPS) is 11.7. The summed E-state index contributed by atoms with van der Waals surface area (Å²) in [5.74, 6) is 0. The van der Waals surface area contributed by atoms with Crippen molar-refractivity contribution < 1.29 is 17.7 Å². The van der Waals surface area contributed by atoms with E-state index in [1.54, 1.807) is 0 Å². The third kappa shape index (κ3) is 2.77. The monoisotopic (exact) mass is 189 g/mol. The molecule has 72 valence electrons. The minimum absolute atomic E-state index is 0.338. The Morgan fingerprint density at radius 3 is 2.08 bits per heavy atom. The third-order valence-electron chi connectivity index (χ3n) is 1.67. The van der Waals surface area contributed by atoms with Gasteiger partial charge in [0.25, 0.3) is 0 Å². The predicted molar refractivity (Wildman–Crippen MR) is 45.9 cm³/mol. The lowest BCUT2D eigenvalue weighted by molar-refractivity contribution is 0.185. The van der Waals surface area contributed by atoms with Crippen LogP contribution in [-0.2, 0) is 11.3 Å². The number of rotatable bonds is 3. The van der Waals surface area contributed by atoms with Crippen LogP contribution < -0.4 is 5.46 Å². The highest BCUT2D eigenvalue weighted by molar-refractivity contribution is 6.73. The summed E-state index contributed by atoms with van der Waals surface area (Å²) in [5, 5.41) is 0.